The minimum Gasteiger partial charge on any atom is -0.366 e. The van der Waals surface area contributed by atoms with Gasteiger partial charge in [0.05, 0.1) is 17.8 Å². The molecule has 2 amide bonds. The first-order chi connectivity index (χ1) is 16.1. The quantitative estimate of drug-likeness (QED) is 0.534. The van der Waals surface area contributed by atoms with Crippen LogP contribution in [0.25, 0.3) is 6.08 Å². The van der Waals surface area contributed by atoms with Gasteiger partial charge in [-0.2, -0.15) is 0 Å². The summed E-state index contributed by atoms with van der Waals surface area (Å²) in [7, 11) is 0. The van der Waals surface area contributed by atoms with Gasteiger partial charge in [-0.15, -0.1) is 0 Å². The van der Waals surface area contributed by atoms with E-state index in [1.165, 1.54) is 0 Å². The Morgan fingerprint density at radius 2 is 1.55 bits per heavy atom. The summed E-state index contributed by atoms with van der Waals surface area (Å²) < 4.78 is 0. The second-order valence-electron chi connectivity index (χ2n) is 7.93. The Hall–Kier alpha value is -3.57. The number of nitrogens with zero attached hydrogens (tertiary/aromatic N) is 2. The van der Waals surface area contributed by atoms with E-state index < -0.39 is 0 Å². The lowest BCUT2D eigenvalue weighted by Crippen LogP contribution is -2.48. The Balaban J connectivity index is 1.38. The zero-order chi connectivity index (χ0) is 23.0. The molecule has 5 nitrogen and oxygen atoms in total. The second kappa shape index (κ2) is 10.8. The van der Waals surface area contributed by atoms with Crippen molar-refractivity contribution in [2.45, 2.75) is 6.42 Å². The van der Waals surface area contributed by atoms with Crippen molar-refractivity contribution in [2.75, 3.05) is 36.4 Å². The number of hydrogen-bond acceptors (Lipinski definition) is 3. The lowest BCUT2D eigenvalue weighted by Gasteiger charge is -2.36. The number of nitrogens with one attached hydrogen (secondary N) is 1. The molecule has 3 aromatic carbocycles. The van der Waals surface area contributed by atoms with E-state index in [1.54, 1.807) is 12.1 Å². The maximum Gasteiger partial charge on any atom is 0.246 e. The largest absolute Gasteiger partial charge is 0.366 e. The van der Waals surface area contributed by atoms with Crippen LogP contribution >= 0.6 is 11.6 Å². The fraction of sp³-hybridized carbons (Fsp3) is 0.185. The lowest BCUT2D eigenvalue weighted by atomic mass is 10.1. The fourth-order valence-electron chi connectivity index (χ4n) is 3.86. The van der Waals surface area contributed by atoms with Crippen LogP contribution in [0.4, 0.5) is 11.4 Å². The molecule has 0 aliphatic carbocycles. The molecular weight excluding hydrogens is 434 g/mol. The first-order valence-corrected chi connectivity index (χ1v) is 11.4. The van der Waals surface area contributed by atoms with E-state index in [2.05, 4.69) is 10.2 Å². The molecule has 3 aromatic rings. The molecule has 0 spiro atoms. The van der Waals surface area contributed by atoms with Crippen molar-refractivity contribution in [3.05, 3.63) is 101 Å². The van der Waals surface area contributed by atoms with Crippen molar-refractivity contribution in [1.82, 2.24) is 4.90 Å². The SMILES string of the molecule is O=C(Cc1ccccc1)Nc1cc(Cl)ccc1N1CCN(C(=O)/C=C/c2ccccc2)CC1. The van der Waals surface area contributed by atoms with E-state index in [-0.39, 0.29) is 11.8 Å². The molecule has 168 valence electrons. The van der Waals surface area contributed by atoms with Crippen LogP contribution in [0.15, 0.2) is 84.9 Å². The smallest absolute Gasteiger partial charge is 0.246 e. The summed E-state index contributed by atoms with van der Waals surface area (Å²) in [6.45, 7) is 2.57. The average molecular weight is 460 g/mol. The van der Waals surface area contributed by atoms with Crippen LogP contribution in [0.2, 0.25) is 5.02 Å². The second-order valence-corrected chi connectivity index (χ2v) is 8.36. The van der Waals surface area contributed by atoms with Crippen molar-refractivity contribution in [3.8, 4) is 0 Å². The third kappa shape index (κ3) is 6.24. The molecule has 1 fully saturated rings. The first-order valence-electron chi connectivity index (χ1n) is 11.0. The van der Waals surface area contributed by atoms with Crippen molar-refractivity contribution < 1.29 is 9.59 Å². The molecule has 6 heteroatoms. The topological polar surface area (TPSA) is 52.7 Å². The normalized spacial score (nSPS) is 13.8. The minimum absolute atomic E-state index is 0.00555. The zero-order valence-electron chi connectivity index (χ0n) is 18.3. The number of carbonyl (C=O) groups is 2. The molecule has 0 bridgehead atoms. The molecule has 1 heterocycles. The summed E-state index contributed by atoms with van der Waals surface area (Å²) >= 11 is 6.22. The van der Waals surface area contributed by atoms with Gasteiger partial charge >= 0.3 is 0 Å². The Kier molecular flexibility index (Phi) is 7.43. The predicted octanol–water partition coefficient (Wildman–Crippen LogP) is 4.88. The van der Waals surface area contributed by atoms with Crippen LogP contribution in [-0.2, 0) is 16.0 Å². The zero-order valence-corrected chi connectivity index (χ0v) is 19.0. The molecule has 33 heavy (non-hydrogen) atoms. The number of anilines is 2. The van der Waals surface area contributed by atoms with Gasteiger partial charge in [0.15, 0.2) is 0 Å². The highest BCUT2D eigenvalue weighted by Gasteiger charge is 2.22. The maximum atomic E-state index is 12.6. The molecule has 4 rings (SSSR count). The van der Waals surface area contributed by atoms with Crippen molar-refractivity contribution in [2.24, 2.45) is 0 Å². The van der Waals surface area contributed by atoms with E-state index in [1.807, 2.05) is 83.8 Å². The van der Waals surface area contributed by atoms with Gasteiger partial charge in [-0.3, -0.25) is 9.59 Å². The van der Waals surface area contributed by atoms with Gasteiger partial charge in [-0.25, -0.2) is 0 Å². The third-order valence-electron chi connectivity index (χ3n) is 5.59. The standard InChI is InChI=1S/C27H26ClN3O2/c28-23-12-13-25(24(20-23)29-26(32)19-22-9-5-2-6-10-22)30-15-17-31(18-16-30)27(33)14-11-21-7-3-1-4-8-21/h1-14,20H,15-19H2,(H,29,32)/b14-11+. The van der Waals surface area contributed by atoms with Crippen LogP contribution in [-0.4, -0.2) is 42.9 Å². The van der Waals surface area contributed by atoms with E-state index >= 15 is 0 Å². The summed E-state index contributed by atoms with van der Waals surface area (Å²) in [6, 6.07) is 24.9. The first kappa shape index (κ1) is 22.6. The Morgan fingerprint density at radius 1 is 0.879 bits per heavy atom. The lowest BCUT2D eigenvalue weighted by molar-refractivity contribution is -0.126. The molecular formula is C27H26ClN3O2. The van der Waals surface area contributed by atoms with Crippen LogP contribution in [0.5, 0.6) is 0 Å². The number of halogens is 1. The predicted molar refractivity (Wildman–Crippen MR) is 134 cm³/mol. The fourth-order valence-corrected chi connectivity index (χ4v) is 4.04. The number of rotatable bonds is 6. The molecule has 0 radical (unpaired) electrons. The molecule has 0 unspecified atom stereocenters. The monoisotopic (exact) mass is 459 g/mol. The van der Waals surface area contributed by atoms with Crippen LogP contribution in [0.1, 0.15) is 11.1 Å². The van der Waals surface area contributed by atoms with E-state index in [0.717, 1.165) is 16.8 Å². The van der Waals surface area contributed by atoms with Crippen LogP contribution in [0, 0.1) is 0 Å². The van der Waals surface area contributed by atoms with Crippen molar-refractivity contribution >= 4 is 40.9 Å². The molecule has 1 aliphatic rings. The van der Waals surface area contributed by atoms with Gasteiger partial charge in [-0.1, -0.05) is 72.3 Å². The number of amides is 2. The van der Waals surface area contributed by atoms with Crippen molar-refractivity contribution in [1.29, 1.82) is 0 Å². The number of piperazine rings is 1. The molecule has 1 aliphatic heterocycles. The van der Waals surface area contributed by atoms with Gasteiger partial charge in [0.1, 0.15) is 0 Å². The minimum atomic E-state index is -0.0930. The van der Waals surface area contributed by atoms with Crippen molar-refractivity contribution in [3.63, 3.8) is 0 Å². The number of carbonyl (C=O) groups excluding carboxylic acids is 2. The molecule has 0 atom stereocenters. The van der Waals surface area contributed by atoms with Gasteiger partial charge in [-0.05, 0) is 35.4 Å². The summed E-state index contributed by atoms with van der Waals surface area (Å²) in [6.07, 6.45) is 3.76. The Morgan fingerprint density at radius 3 is 2.24 bits per heavy atom. The molecule has 1 saturated heterocycles. The highest BCUT2D eigenvalue weighted by Crippen LogP contribution is 2.30. The number of hydrogen-bond donors (Lipinski definition) is 1. The highest BCUT2D eigenvalue weighted by molar-refractivity contribution is 6.31. The molecule has 0 aromatic heterocycles. The summed E-state index contributed by atoms with van der Waals surface area (Å²) in [4.78, 5) is 29.2. The highest BCUT2D eigenvalue weighted by atomic mass is 35.5. The Bertz CT molecular complexity index is 1120. The Labute approximate surface area is 199 Å². The van der Waals surface area contributed by atoms with Crippen LogP contribution in [0.3, 0.4) is 0 Å². The van der Waals surface area contributed by atoms with Crippen LogP contribution < -0.4 is 10.2 Å². The van der Waals surface area contributed by atoms with Gasteiger partial charge in [0.2, 0.25) is 11.8 Å². The van der Waals surface area contributed by atoms with Gasteiger partial charge in [0, 0.05) is 37.3 Å². The van der Waals surface area contributed by atoms with E-state index in [0.29, 0.717) is 43.3 Å². The summed E-state index contributed by atoms with van der Waals surface area (Å²) in [5, 5.41) is 3.58. The average Bonchev–Trinajstić information content (AvgIpc) is 2.84. The van der Waals surface area contributed by atoms with Gasteiger partial charge in [0.25, 0.3) is 0 Å². The van der Waals surface area contributed by atoms with Gasteiger partial charge < -0.3 is 15.1 Å². The summed E-state index contributed by atoms with van der Waals surface area (Å²) in [5.41, 5.74) is 3.55. The van der Waals surface area contributed by atoms with E-state index in [9.17, 15) is 9.59 Å². The third-order valence-corrected chi connectivity index (χ3v) is 5.83. The molecule has 0 saturated carbocycles. The van der Waals surface area contributed by atoms with E-state index in [4.69, 9.17) is 11.6 Å². The maximum absolute atomic E-state index is 12.6. The molecule has 1 N–H and O–H groups in total. The summed E-state index contributed by atoms with van der Waals surface area (Å²) in [5.74, 6) is -0.0874. The number of benzene rings is 3.